The van der Waals surface area contributed by atoms with Crippen molar-refractivity contribution in [3.05, 3.63) is 23.3 Å². The van der Waals surface area contributed by atoms with Gasteiger partial charge in [0, 0.05) is 0 Å². The predicted octanol–water partition coefficient (Wildman–Crippen LogP) is 6.68. The minimum absolute atomic E-state index is 0.239. The lowest BCUT2D eigenvalue weighted by Gasteiger charge is -2.24. The molecule has 0 saturated carbocycles. The van der Waals surface area contributed by atoms with Crippen LogP contribution in [0.4, 0.5) is 0 Å². The van der Waals surface area contributed by atoms with Gasteiger partial charge >= 0.3 is 0 Å². The second kappa shape index (κ2) is 10.6. The molecule has 3 unspecified atom stereocenters. The van der Waals surface area contributed by atoms with Crippen LogP contribution in [0.1, 0.15) is 73.1 Å². The van der Waals surface area contributed by atoms with Crippen molar-refractivity contribution in [2.45, 2.75) is 90.5 Å². The molecule has 0 amide bonds. The van der Waals surface area contributed by atoms with Gasteiger partial charge in [0.2, 0.25) is 0 Å². The second-order valence-corrected chi connectivity index (χ2v) is 9.48. The molecule has 140 valence electrons. The fourth-order valence-electron chi connectivity index (χ4n) is 3.34. The first kappa shape index (κ1) is 20.8. The van der Waals surface area contributed by atoms with Gasteiger partial charge in [-0.2, -0.15) is 0 Å². The minimum atomic E-state index is 0.239. The standard InChI is InChI=1S/C21H34N2S2/c1-6-9-11-19(24-8-3)22-16(5)17-13-14-18-21(15(17)4)23-20(25-18)12-10-7-2/h13-14,16,18,21H,6-12H2,1-5H3. The molecule has 1 heterocycles. The van der Waals surface area contributed by atoms with E-state index in [4.69, 9.17) is 9.98 Å². The summed E-state index contributed by atoms with van der Waals surface area (Å²) in [7, 11) is 0. The van der Waals surface area contributed by atoms with Gasteiger partial charge in [-0.1, -0.05) is 45.8 Å². The van der Waals surface area contributed by atoms with E-state index < -0.39 is 0 Å². The maximum atomic E-state index is 5.08. The smallest absolute Gasteiger partial charge is 0.0879 e. The Kier molecular flexibility index (Phi) is 8.84. The van der Waals surface area contributed by atoms with Crippen molar-refractivity contribution in [2.24, 2.45) is 9.98 Å². The minimum Gasteiger partial charge on any atom is -0.275 e. The molecule has 0 radical (unpaired) electrons. The summed E-state index contributed by atoms with van der Waals surface area (Å²) in [4.78, 5) is 10.1. The van der Waals surface area contributed by atoms with Crippen LogP contribution < -0.4 is 0 Å². The van der Waals surface area contributed by atoms with Gasteiger partial charge in [-0.05, 0) is 56.4 Å². The lowest BCUT2D eigenvalue weighted by molar-refractivity contribution is 0.751. The zero-order chi connectivity index (χ0) is 18.2. The van der Waals surface area contributed by atoms with Gasteiger partial charge in [0.25, 0.3) is 0 Å². The van der Waals surface area contributed by atoms with Crippen LogP contribution in [0.2, 0.25) is 0 Å². The molecule has 2 aliphatic rings. The van der Waals surface area contributed by atoms with Crippen molar-refractivity contribution in [3.63, 3.8) is 0 Å². The summed E-state index contributed by atoms with van der Waals surface area (Å²) in [6, 6.07) is 0.579. The van der Waals surface area contributed by atoms with E-state index in [0.717, 1.165) is 18.6 Å². The first-order valence-electron chi connectivity index (χ1n) is 9.92. The highest BCUT2D eigenvalue weighted by Gasteiger charge is 2.33. The normalized spacial score (nSPS) is 24.5. The number of fused-ring (bicyclic) bond motifs is 1. The largest absolute Gasteiger partial charge is 0.275 e. The summed E-state index contributed by atoms with van der Waals surface area (Å²) < 4.78 is 0. The molecule has 2 nitrogen and oxygen atoms in total. The Bertz CT molecular complexity index is 560. The van der Waals surface area contributed by atoms with Crippen LogP contribution in [0.5, 0.6) is 0 Å². The van der Waals surface area contributed by atoms with Crippen LogP contribution in [-0.2, 0) is 0 Å². The monoisotopic (exact) mass is 378 g/mol. The van der Waals surface area contributed by atoms with Gasteiger partial charge in [-0.15, -0.1) is 23.5 Å². The van der Waals surface area contributed by atoms with Crippen LogP contribution >= 0.6 is 23.5 Å². The number of rotatable bonds is 9. The van der Waals surface area contributed by atoms with Crippen molar-refractivity contribution < 1.29 is 0 Å². The summed E-state index contributed by atoms with van der Waals surface area (Å²) in [5.41, 5.74) is 2.81. The van der Waals surface area contributed by atoms with E-state index in [9.17, 15) is 0 Å². The van der Waals surface area contributed by atoms with Crippen LogP contribution in [-0.4, -0.2) is 33.2 Å². The van der Waals surface area contributed by atoms with E-state index >= 15 is 0 Å². The Balaban J connectivity index is 2.13. The Morgan fingerprint density at radius 2 is 2.04 bits per heavy atom. The maximum Gasteiger partial charge on any atom is 0.0879 e. The van der Waals surface area contributed by atoms with Crippen molar-refractivity contribution >= 4 is 33.6 Å². The third-order valence-corrected chi connectivity index (χ3v) is 7.02. The third-order valence-electron chi connectivity index (χ3n) is 4.82. The highest BCUT2D eigenvalue weighted by Crippen LogP contribution is 2.39. The van der Waals surface area contributed by atoms with Gasteiger partial charge in [0.05, 0.1) is 27.4 Å². The lowest BCUT2D eigenvalue weighted by Crippen LogP contribution is -2.24. The van der Waals surface area contributed by atoms with Crippen molar-refractivity contribution in [3.8, 4) is 0 Å². The summed E-state index contributed by atoms with van der Waals surface area (Å²) in [5, 5.41) is 3.18. The molecule has 0 fully saturated rings. The van der Waals surface area contributed by atoms with Gasteiger partial charge < -0.3 is 0 Å². The summed E-state index contributed by atoms with van der Waals surface area (Å²) in [5.74, 6) is 1.11. The molecule has 0 saturated heterocycles. The quantitative estimate of drug-likeness (QED) is 0.330. The SMILES string of the molecule is CCCCC(=NC(C)C1=C(C)C2N=C(CCCC)SC2C=C1)SCC. The van der Waals surface area contributed by atoms with E-state index in [1.165, 1.54) is 46.9 Å². The van der Waals surface area contributed by atoms with Crippen LogP contribution in [0.3, 0.4) is 0 Å². The van der Waals surface area contributed by atoms with Gasteiger partial charge in [0.1, 0.15) is 0 Å². The molecule has 0 bridgehead atoms. The van der Waals surface area contributed by atoms with Crippen LogP contribution in [0.25, 0.3) is 0 Å². The van der Waals surface area contributed by atoms with Gasteiger partial charge in [0.15, 0.2) is 0 Å². The molecule has 2 rings (SSSR count). The molecule has 0 N–H and O–H groups in total. The average molecular weight is 379 g/mol. The number of nitrogens with zero attached hydrogens (tertiary/aromatic N) is 2. The van der Waals surface area contributed by atoms with Crippen LogP contribution in [0.15, 0.2) is 33.3 Å². The number of unbranched alkanes of at least 4 members (excludes halogenated alkanes) is 2. The Labute approximate surface area is 163 Å². The van der Waals surface area contributed by atoms with E-state index in [-0.39, 0.29) is 6.04 Å². The number of hydrogen-bond acceptors (Lipinski definition) is 4. The zero-order valence-electron chi connectivity index (χ0n) is 16.5. The predicted molar refractivity (Wildman–Crippen MR) is 119 cm³/mol. The van der Waals surface area contributed by atoms with Crippen molar-refractivity contribution in [1.82, 2.24) is 0 Å². The fraction of sp³-hybridized carbons (Fsp3) is 0.714. The summed E-state index contributed by atoms with van der Waals surface area (Å²) >= 11 is 3.88. The van der Waals surface area contributed by atoms with Crippen molar-refractivity contribution in [2.75, 3.05) is 5.75 Å². The molecular weight excluding hydrogens is 344 g/mol. The maximum absolute atomic E-state index is 5.08. The molecular formula is C21H34N2S2. The lowest BCUT2D eigenvalue weighted by atomic mass is 9.90. The number of hydrogen-bond donors (Lipinski definition) is 0. The van der Waals surface area contributed by atoms with Gasteiger partial charge in [-0.25, -0.2) is 0 Å². The first-order valence-corrected chi connectivity index (χ1v) is 11.8. The molecule has 0 spiro atoms. The zero-order valence-corrected chi connectivity index (χ0v) is 18.2. The third kappa shape index (κ3) is 5.75. The second-order valence-electron chi connectivity index (χ2n) is 6.89. The first-order chi connectivity index (χ1) is 12.1. The highest BCUT2D eigenvalue weighted by atomic mass is 32.2. The molecule has 0 aromatic rings. The molecule has 0 aromatic heterocycles. The Hall–Kier alpha value is -0.480. The Morgan fingerprint density at radius 1 is 1.28 bits per heavy atom. The average Bonchev–Trinajstić information content (AvgIpc) is 3.02. The van der Waals surface area contributed by atoms with Crippen molar-refractivity contribution in [1.29, 1.82) is 0 Å². The molecule has 1 aliphatic heterocycles. The van der Waals surface area contributed by atoms with E-state index in [1.807, 2.05) is 23.5 Å². The summed E-state index contributed by atoms with van der Waals surface area (Å²) in [6.07, 6.45) is 11.9. The number of thioether (sulfide) groups is 2. The Morgan fingerprint density at radius 3 is 2.72 bits per heavy atom. The van der Waals surface area contributed by atoms with Gasteiger partial charge in [-0.3, -0.25) is 9.98 Å². The molecule has 3 atom stereocenters. The topological polar surface area (TPSA) is 24.7 Å². The molecule has 0 aromatic carbocycles. The van der Waals surface area contributed by atoms with E-state index in [1.54, 1.807) is 0 Å². The van der Waals surface area contributed by atoms with E-state index in [0.29, 0.717) is 11.3 Å². The highest BCUT2D eigenvalue weighted by molar-refractivity contribution is 8.15. The fourth-order valence-corrected chi connectivity index (χ4v) is 5.50. The van der Waals surface area contributed by atoms with Crippen LogP contribution in [0, 0.1) is 0 Å². The summed E-state index contributed by atoms with van der Waals surface area (Å²) in [6.45, 7) is 11.2. The molecule has 1 aliphatic carbocycles. The van der Waals surface area contributed by atoms with E-state index in [2.05, 4.69) is 46.8 Å². The number of aliphatic imine (C=N–C) groups is 2. The molecule has 4 heteroatoms. The molecule has 25 heavy (non-hydrogen) atoms.